The molecule has 0 unspecified atom stereocenters. The van der Waals surface area contributed by atoms with Crippen molar-refractivity contribution in [2.75, 3.05) is 24.5 Å². The van der Waals surface area contributed by atoms with Crippen molar-refractivity contribution in [3.05, 3.63) is 5.89 Å². The summed E-state index contributed by atoms with van der Waals surface area (Å²) in [5, 5.41) is 7.96. The van der Waals surface area contributed by atoms with Crippen LogP contribution in [0, 0.1) is 5.92 Å². The van der Waals surface area contributed by atoms with E-state index in [4.69, 9.17) is 10.2 Å². The number of aromatic nitrogens is 2. The van der Waals surface area contributed by atoms with Gasteiger partial charge in [-0.1, -0.05) is 18.9 Å². The number of hydrogen-bond donors (Lipinski definition) is 1. The molecule has 15 heavy (non-hydrogen) atoms. The van der Waals surface area contributed by atoms with E-state index in [-0.39, 0.29) is 0 Å². The first-order valence-electron chi connectivity index (χ1n) is 5.44. The summed E-state index contributed by atoms with van der Waals surface area (Å²) >= 11 is 0. The molecule has 1 heterocycles. The van der Waals surface area contributed by atoms with Gasteiger partial charge in [-0.15, -0.1) is 5.10 Å². The molecule has 1 rings (SSSR count). The Balaban J connectivity index is 2.65. The summed E-state index contributed by atoms with van der Waals surface area (Å²) in [7, 11) is 0. The molecule has 1 aromatic rings. The number of hydrogen-bond acceptors (Lipinski definition) is 5. The van der Waals surface area contributed by atoms with Crippen molar-refractivity contribution in [2.45, 2.75) is 27.2 Å². The van der Waals surface area contributed by atoms with Crippen LogP contribution in [-0.2, 0) is 6.42 Å². The summed E-state index contributed by atoms with van der Waals surface area (Å²) in [6, 6.07) is 0.606. The molecule has 86 valence electrons. The molecule has 0 bridgehead atoms. The van der Waals surface area contributed by atoms with Crippen LogP contribution in [0.2, 0.25) is 0 Å². The topological polar surface area (TPSA) is 68.2 Å². The van der Waals surface area contributed by atoms with Crippen molar-refractivity contribution in [1.82, 2.24) is 10.2 Å². The second-order valence-electron chi connectivity index (χ2n) is 3.95. The van der Waals surface area contributed by atoms with Gasteiger partial charge in [-0.3, -0.25) is 0 Å². The molecule has 0 aliphatic rings. The predicted octanol–water partition coefficient (Wildman–Crippen LogP) is 1.05. The highest BCUT2D eigenvalue weighted by atomic mass is 16.4. The molecule has 5 heteroatoms. The molecule has 0 saturated heterocycles. The maximum atomic E-state index is 5.50. The van der Waals surface area contributed by atoms with Gasteiger partial charge in [0.1, 0.15) is 0 Å². The molecule has 1 aromatic heterocycles. The van der Waals surface area contributed by atoms with Gasteiger partial charge in [0, 0.05) is 26.1 Å². The second kappa shape index (κ2) is 5.70. The van der Waals surface area contributed by atoms with Gasteiger partial charge in [0.15, 0.2) is 0 Å². The summed E-state index contributed by atoms with van der Waals surface area (Å²) < 4.78 is 5.50. The van der Waals surface area contributed by atoms with Gasteiger partial charge in [-0.2, -0.15) is 0 Å². The number of rotatable bonds is 6. The molecule has 0 fully saturated rings. The van der Waals surface area contributed by atoms with E-state index in [0.29, 0.717) is 30.8 Å². The highest BCUT2D eigenvalue weighted by Crippen LogP contribution is 2.13. The van der Waals surface area contributed by atoms with Crippen molar-refractivity contribution in [1.29, 1.82) is 0 Å². The second-order valence-corrected chi connectivity index (χ2v) is 3.95. The fourth-order valence-corrected chi connectivity index (χ4v) is 1.38. The van der Waals surface area contributed by atoms with Gasteiger partial charge in [0.2, 0.25) is 5.89 Å². The first-order valence-corrected chi connectivity index (χ1v) is 5.44. The molecule has 0 spiro atoms. The van der Waals surface area contributed by atoms with Crippen molar-refractivity contribution >= 4 is 6.01 Å². The third-order valence-corrected chi connectivity index (χ3v) is 2.05. The highest BCUT2D eigenvalue weighted by molar-refractivity contribution is 5.23. The van der Waals surface area contributed by atoms with Gasteiger partial charge in [0.25, 0.3) is 0 Å². The Labute approximate surface area is 90.7 Å². The molecule has 0 aromatic carbocycles. The van der Waals surface area contributed by atoms with Crippen molar-refractivity contribution in [3.63, 3.8) is 0 Å². The molecular formula is C10H20N4O. The normalized spacial score (nSPS) is 11.0. The van der Waals surface area contributed by atoms with Crippen LogP contribution in [0.5, 0.6) is 0 Å². The van der Waals surface area contributed by atoms with E-state index in [2.05, 4.69) is 35.9 Å². The summed E-state index contributed by atoms with van der Waals surface area (Å²) in [5.74, 6) is 1.20. The molecule has 0 aliphatic carbocycles. The maximum Gasteiger partial charge on any atom is 0.318 e. The zero-order valence-electron chi connectivity index (χ0n) is 9.73. The smallest absolute Gasteiger partial charge is 0.318 e. The molecular weight excluding hydrogens is 192 g/mol. The fourth-order valence-electron chi connectivity index (χ4n) is 1.38. The zero-order valence-corrected chi connectivity index (χ0v) is 9.73. The van der Waals surface area contributed by atoms with E-state index in [0.717, 1.165) is 13.1 Å². The predicted molar refractivity (Wildman–Crippen MR) is 59.8 cm³/mol. The monoisotopic (exact) mass is 212 g/mol. The first kappa shape index (κ1) is 12.0. The molecule has 2 N–H and O–H groups in total. The van der Waals surface area contributed by atoms with Gasteiger partial charge >= 0.3 is 6.01 Å². The third kappa shape index (κ3) is 3.51. The number of anilines is 1. The van der Waals surface area contributed by atoms with Crippen LogP contribution in [0.4, 0.5) is 6.01 Å². The Morgan fingerprint density at radius 1 is 1.40 bits per heavy atom. The minimum Gasteiger partial charge on any atom is -0.408 e. The van der Waals surface area contributed by atoms with Crippen LogP contribution in [0.15, 0.2) is 4.42 Å². The van der Waals surface area contributed by atoms with Crippen LogP contribution in [0.3, 0.4) is 0 Å². The van der Waals surface area contributed by atoms with E-state index < -0.39 is 0 Å². The average Bonchev–Trinajstić information content (AvgIpc) is 2.63. The lowest BCUT2D eigenvalue weighted by Crippen LogP contribution is -2.27. The number of nitrogens with zero attached hydrogens (tertiary/aromatic N) is 3. The van der Waals surface area contributed by atoms with Gasteiger partial charge in [0.05, 0.1) is 0 Å². The lowest BCUT2D eigenvalue weighted by molar-refractivity contribution is 0.473. The SMILES string of the molecule is CCN(CC(C)C)c1nnc(CCN)o1. The Bertz CT molecular complexity index is 285. The molecule has 0 aliphatic heterocycles. The number of nitrogens with two attached hydrogens (primary N) is 1. The van der Waals surface area contributed by atoms with Crippen molar-refractivity contribution in [2.24, 2.45) is 11.7 Å². The van der Waals surface area contributed by atoms with Crippen LogP contribution in [0.1, 0.15) is 26.7 Å². The molecule has 5 nitrogen and oxygen atoms in total. The van der Waals surface area contributed by atoms with Crippen LogP contribution < -0.4 is 10.6 Å². The molecule has 0 atom stereocenters. The summed E-state index contributed by atoms with van der Waals surface area (Å²) in [5.41, 5.74) is 5.42. The third-order valence-electron chi connectivity index (χ3n) is 2.05. The van der Waals surface area contributed by atoms with Crippen LogP contribution in [-0.4, -0.2) is 29.8 Å². The van der Waals surface area contributed by atoms with Crippen molar-refractivity contribution < 1.29 is 4.42 Å². The van der Waals surface area contributed by atoms with Gasteiger partial charge < -0.3 is 15.1 Å². The maximum absolute atomic E-state index is 5.50. The molecule has 0 saturated carbocycles. The van der Waals surface area contributed by atoms with E-state index >= 15 is 0 Å². The lowest BCUT2D eigenvalue weighted by Gasteiger charge is -2.19. The largest absolute Gasteiger partial charge is 0.408 e. The first-order chi connectivity index (χ1) is 7.17. The van der Waals surface area contributed by atoms with E-state index in [1.807, 2.05) is 0 Å². The Morgan fingerprint density at radius 3 is 2.67 bits per heavy atom. The van der Waals surface area contributed by atoms with E-state index in [1.165, 1.54) is 0 Å². The van der Waals surface area contributed by atoms with Gasteiger partial charge in [-0.05, 0) is 12.8 Å². The lowest BCUT2D eigenvalue weighted by atomic mass is 10.2. The standard InChI is InChI=1S/C10H20N4O/c1-4-14(7-8(2)3)10-13-12-9(15-10)5-6-11/h8H,4-7,11H2,1-3H3. The summed E-state index contributed by atoms with van der Waals surface area (Å²) in [6.45, 7) is 8.76. The minimum absolute atomic E-state index is 0.540. The van der Waals surface area contributed by atoms with Crippen LogP contribution >= 0.6 is 0 Å². The Morgan fingerprint density at radius 2 is 2.13 bits per heavy atom. The molecule has 0 amide bonds. The minimum atomic E-state index is 0.540. The quantitative estimate of drug-likeness (QED) is 0.763. The van der Waals surface area contributed by atoms with Crippen LogP contribution in [0.25, 0.3) is 0 Å². The van der Waals surface area contributed by atoms with E-state index in [1.54, 1.807) is 0 Å². The summed E-state index contributed by atoms with van der Waals surface area (Å²) in [6.07, 6.45) is 0.645. The van der Waals surface area contributed by atoms with E-state index in [9.17, 15) is 0 Å². The average molecular weight is 212 g/mol. The van der Waals surface area contributed by atoms with Crippen molar-refractivity contribution in [3.8, 4) is 0 Å². The fraction of sp³-hybridized carbons (Fsp3) is 0.800. The summed E-state index contributed by atoms with van der Waals surface area (Å²) in [4.78, 5) is 2.08. The molecule has 0 radical (unpaired) electrons. The Hall–Kier alpha value is -1.10. The highest BCUT2D eigenvalue weighted by Gasteiger charge is 2.13. The van der Waals surface area contributed by atoms with Gasteiger partial charge in [-0.25, -0.2) is 0 Å². The Kier molecular flexibility index (Phi) is 4.55. The zero-order chi connectivity index (χ0) is 11.3.